The topological polar surface area (TPSA) is 30.5 Å². The van der Waals surface area contributed by atoms with Crippen molar-refractivity contribution in [2.75, 3.05) is 19.9 Å². The first-order valence-corrected chi connectivity index (χ1v) is 7.42. The molecule has 2 aliphatic heterocycles. The highest BCUT2D eigenvalue weighted by atomic mass is 79.9. The van der Waals surface area contributed by atoms with Gasteiger partial charge < -0.3 is 14.8 Å². The fourth-order valence-electron chi connectivity index (χ4n) is 2.92. The van der Waals surface area contributed by atoms with E-state index >= 15 is 0 Å². The van der Waals surface area contributed by atoms with E-state index in [0.29, 0.717) is 12.7 Å². The number of halogens is 1. The fourth-order valence-corrected chi connectivity index (χ4v) is 3.74. The fraction of sp³-hybridized carbons (Fsp3) is 0.571. The first-order chi connectivity index (χ1) is 8.81. The number of benzene rings is 1. The zero-order valence-electron chi connectivity index (χ0n) is 10.6. The van der Waals surface area contributed by atoms with Gasteiger partial charge in [-0.3, -0.25) is 0 Å². The lowest BCUT2D eigenvalue weighted by molar-refractivity contribution is 0.173. The van der Waals surface area contributed by atoms with Crippen LogP contribution in [0.4, 0.5) is 0 Å². The second kappa shape index (κ2) is 5.10. The zero-order chi connectivity index (χ0) is 12.5. The summed E-state index contributed by atoms with van der Waals surface area (Å²) in [5.41, 5.74) is 2.82. The number of hydrogen-bond acceptors (Lipinski definition) is 3. The summed E-state index contributed by atoms with van der Waals surface area (Å²) in [6.07, 6.45) is 3.44. The second-order valence-electron chi connectivity index (χ2n) is 4.87. The van der Waals surface area contributed by atoms with Crippen molar-refractivity contribution in [1.82, 2.24) is 5.32 Å². The largest absolute Gasteiger partial charge is 0.454 e. The number of ether oxygens (including phenoxy) is 2. The van der Waals surface area contributed by atoms with Crippen LogP contribution in [-0.2, 0) is 6.42 Å². The summed E-state index contributed by atoms with van der Waals surface area (Å²) in [7, 11) is 0. The molecule has 0 atom stereocenters. The van der Waals surface area contributed by atoms with Crippen molar-refractivity contribution in [2.45, 2.75) is 32.1 Å². The summed E-state index contributed by atoms with van der Waals surface area (Å²) in [5, 5.41) is 3.42. The molecule has 1 saturated heterocycles. The summed E-state index contributed by atoms with van der Waals surface area (Å²) in [5.74, 6) is 2.42. The smallest absolute Gasteiger partial charge is 0.231 e. The predicted molar refractivity (Wildman–Crippen MR) is 74.5 cm³/mol. The molecule has 18 heavy (non-hydrogen) atoms. The summed E-state index contributed by atoms with van der Waals surface area (Å²) < 4.78 is 12.2. The van der Waals surface area contributed by atoms with Crippen molar-refractivity contribution in [3.63, 3.8) is 0 Å². The van der Waals surface area contributed by atoms with Crippen LogP contribution in [0.2, 0.25) is 0 Å². The van der Waals surface area contributed by atoms with E-state index in [1.807, 2.05) is 0 Å². The Morgan fingerprint density at radius 3 is 2.83 bits per heavy atom. The van der Waals surface area contributed by atoms with Crippen molar-refractivity contribution in [3.8, 4) is 11.5 Å². The van der Waals surface area contributed by atoms with Crippen LogP contribution in [0, 0.1) is 0 Å². The van der Waals surface area contributed by atoms with Gasteiger partial charge in [0.1, 0.15) is 0 Å². The van der Waals surface area contributed by atoms with E-state index in [1.54, 1.807) is 0 Å². The molecule has 0 saturated carbocycles. The van der Waals surface area contributed by atoms with Gasteiger partial charge >= 0.3 is 0 Å². The molecule has 2 heterocycles. The maximum Gasteiger partial charge on any atom is 0.231 e. The lowest BCUT2D eigenvalue weighted by atomic mass is 9.86. The van der Waals surface area contributed by atoms with E-state index in [0.717, 1.165) is 35.5 Å². The van der Waals surface area contributed by atoms with Gasteiger partial charge in [0.2, 0.25) is 6.79 Å². The lowest BCUT2D eigenvalue weighted by Crippen LogP contribution is -2.27. The third-order valence-corrected chi connectivity index (χ3v) is 4.71. The average Bonchev–Trinajstić information content (AvgIpc) is 2.88. The number of rotatable bonds is 2. The lowest BCUT2D eigenvalue weighted by Gasteiger charge is -2.26. The van der Waals surface area contributed by atoms with Gasteiger partial charge in [0.05, 0.1) is 4.47 Å². The molecule has 3 rings (SSSR count). The van der Waals surface area contributed by atoms with Gasteiger partial charge in [0.25, 0.3) is 0 Å². The van der Waals surface area contributed by atoms with E-state index in [1.165, 1.54) is 24.0 Å². The summed E-state index contributed by atoms with van der Waals surface area (Å²) >= 11 is 3.69. The van der Waals surface area contributed by atoms with Crippen molar-refractivity contribution >= 4 is 15.9 Å². The standard InChI is InChI=1S/C14H18BrNO2/c1-2-10-11(9-3-5-16-6-4-9)7-12-14(13(10)15)18-8-17-12/h7,9,16H,2-6,8H2,1H3. The maximum atomic E-state index is 5.54. The maximum absolute atomic E-state index is 5.54. The first-order valence-electron chi connectivity index (χ1n) is 6.62. The van der Waals surface area contributed by atoms with Crippen molar-refractivity contribution in [3.05, 3.63) is 21.7 Å². The van der Waals surface area contributed by atoms with Crippen LogP contribution >= 0.6 is 15.9 Å². The Bertz CT molecular complexity index is 456. The molecule has 1 aromatic rings. The van der Waals surface area contributed by atoms with E-state index in [4.69, 9.17) is 9.47 Å². The van der Waals surface area contributed by atoms with Crippen LogP contribution < -0.4 is 14.8 Å². The van der Waals surface area contributed by atoms with Gasteiger partial charge in [-0.05, 0) is 71.4 Å². The van der Waals surface area contributed by atoms with Gasteiger partial charge in [-0.2, -0.15) is 0 Å². The highest BCUT2D eigenvalue weighted by Gasteiger charge is 2.26. The molecule has 4 heteroatoms. The van der Waals surface area contributed by atoms with Crippen LogP contribution in [0.25, 0.3) is 0 Å². The Labute approximate surface area is 116 Å². The molecule has 0 aromatic heterocycles. The molecular formula is C14H18BrNO2. The molecule has 1 aromatic carbocycles. The Morgan fingerprint density at radius 2 is 2.11 bits per heavy atom. The average molecular weight is 312 g/mol. The Kier molecular flexibility index (Phi) is 3.48. The normalized spacial score (nSPS) is 19.2. The summed E-state index contributed by atoms with van der Waals surface area (Å²) in [6, 6.07) is 2.20. The summed E-state index contributed by atoms with van der Waals surface area (Å²) in [4.78, 5) is 0. The molecule has 0 bridgehead atoms. The molecule has 98 valence electrons. The Balaban J connectivity index is 2.04. The van der Waals surface area contributed by atoms with Crippen LogP contribution in [-0.4, -0.2) is 19.9 Å². The van der Waals surface area contributed by atoms with E-state index in [9.17, 15) is 0 Å². The molecule has 1 fully saturated rings. The molecule has 1 N–H and O–H groups in total. The van der Waals surface area contributed by atoms with Gasteiger partial charge in [-0.1, -0.05) is 6.92 Å². The van der Waals surface area contributed by atoms with Crippen LogP contribution in [0.1, 0.15) is 36.8 Å². The Morgan fingerprint density at radius 1 is 1.33 bits per heavy atom. The minimum absolute atomic E-state index is 0.340. The van der Waals surface area contributed by atoms with Gasteiger partial charge in [-0.25, -0.2) is 0 Å². The number of piperidine rings is 1. The SMILES string of the molecule is CCc1c(C2CCNCC2)cc2c(c1Br)OCO2. The molecular weight excluding hydrogens is 294 g/mol. The van der Waals surface area contributed by atoms with Gasteiger partial charge in [0, 0.05) is 0 Å². The molecule has 2 aliphatic rings. The Hall–Kier alpha value is -0.740. The first kappa shape index (κ1) is 12.3. The minimum Gasteiger partial charge on any atom is -0.454 e. The number of nitrogens with one attached hydrogen (secondary N) is 1. The second-order valence-corrected chi connectivity index (χ2v) is 5.66. The van der Waals surface area contributed by atoms with Crippen LogP contribution in [0.15, 0.2) is 10.5 Å². The number of fused-ring (bicyclic) bond motifs is 1. The quantitative estimate of drug-likeness (QED) is 0.909. The van der Waals surface area contributed by atoms with Crippen molar-refractivity contribution in [2.24, 2.45) is 0 Å². The highest BCUT2D eigenvalue weighted by Crippen LogP contribution is 2.45. The van der Waals surface area contributed by atoms with E-state index < -0.39 is 0 Å². The predicted octanol–water partition coefficient (Wildman–Crippen LogP) is 3.21. The molecule has 3 nitrogen and oxygen atoms in total. The minimum atomic E-state index is 0.340. The van der Waals surface area contributed by atoms with E-state index in [-0.39, 0.29) is 0 Å². The monoisotopic (exact) mass is 311 g/mol. The number of hydrogen-bond donors (Lipinski definition) is 1. The van der Waals surface area contributed by atoms with Crippen molar-refractivity contribution < 1.29 is 9.47 Å². The molecule has 0 amide bonds. The highest BCUT2D eigenvalue weighted by molar-refractivity contribution is 9.10. The third kappa shape index (κ3) is 2.01. The molecule has 0 aliphatic carbocycles. The summed E-state index contributed by atoms with van der Waals surface area (Å²) in [6.45, 7) is 4.76. The zero-order valence-corrected chi connectivity index (χ0v) is 12.2. The van der Waals surface area contributed by atoms with Gasteiger partial charge in [-0.15, -0.1) is 0 Å². The van der Waals surface area contributed by atoms with E-state index in [2.05, 4.69) is 34.2 Å². The third-order valence-electron chi connectivity index (χ3n) is 3.87. The molecule has 0 unspecified atom stereocenters. The van der Waals surface area contributed by atoms with Crippen molar-refractivity contribution in [1.29, 1.82) is 0 Å². The van der Waals surface area contributed by atoms with Crippen LogP contribution in [0.3, 0.4) is 0 Å². The van der Waals surface area contributed by atoms with Gasteiger partial charge in [0.15, 0.2) is 11.5 Å². The molecule has 0 radical (unpaired) electrons. The molecule has 0 spiro atoms. The van der Waals surface area contributed by atoms with Crippen LogP contribution in [0.5, 0.6) is 11.5 Å².